The first kappa shape index (κ1) is 11.3. The highest BCUT2D eigenvalue weighted by Gasteiger charge is 2.07. The Morgan fingerprint density at radius 3 is 2.53 bits per heavy atom. The number of aryl methyl sites for hydroxylation is 2. The van der Waals surface area contributed by atoms with Crippen LogP contribution in [0.5, 0.6) is 11.6 Å². The van der Waals surface area contributed by atoms with Crippen LogP contribution in [0, 0.1) is 13.8 Å². The third-order valence-corrected chi connectivity index (χ3v) is 2.26. The first-order chi connectivity index (χ1) is 8.19. The maximum absolute atomic E-state index is 10.8. The Balaban J connectivity index is 2.31. The van der Waals surface area contributed by atoms with E-state index in [9.17, 15) is 4.79 Å². The molecule has 0 radical (unpaired) electrons. The van der Waals surface area contributed by atoms with Crippen LogP contribution in [0.15, 0.2) is 30.5 Å². The van der Waals surface area contributed by atoms with Crippen LogP contribution in [0.2, 0.25) is 0 Å². The number of carbonyl (C=O) groups is 1. The summed E-state index contributed by atoms with van der Waals surface area (Å²) < 4.78 is 5.55. The number of aromatic nitrogens is 2. The number of benzene rings is 1. The summed E-state index contributed by atoms with van der Waals surface area (Å²) in [7, 11) is 0. The van der Waals surface area contributed by atoms with Crippen molar-refractivity contribution in [3.63, 3.8) is 0 Å². The number of rotatable bonds is 3. The van der Waals surface area contributed by atoms with Gasteiger partial charge in [-0.1, -0.05) is 17.7 Å². The van der Waals surface area contributed by atoms with E-state index in [0.717, 1.165) is 5.56 Å². The van der Waals surface area contributed by atoms with Crippen molar-refractivity contribution in [2.24, 2.45) is 0 Å². The highest BCUT2D eigenvalue weighted by molar-refractivity contribution is 5.77. The van der Waals surface area contributed by atoms with E-state index in [4.69, 9.17) is 4.74 Å². The summed E-state index contributed by atoms with van der Waals surface area (Å²) >= 11 is 0. The number of ether oxygens (including phenoxy) is 1. The number of hydrogen-bond acceptors (Lipinski definition) is 4. The average molecular weight is 228 g/mol. The van der Waals surface area contributed by atoms with Crippen LogP contribution in [0.4, 0.5) is 0 Å². The lowest BCUT2D eigenvalue weighted by Crippen LogP contribution is -1.97. The standard InChI is InChI=1S/C13H12N2O2/c1-9-3-5-12(6-4-9)17-13-11(8-16)7-14-10(2)15-13/h3-8H,1-2H3. The molecule has 0 aliphatic rings. The van der Waals surface area contributed by atoms with Crippen molar-refractivity contribution < 1.29 is 9.53 Å². The molecular formula is C13H12N2O2. The molecule has 0 spiro atoms. The molecule has 0 aliphatic carbocycles. The van der Waals surface area contributed by atoms with E-state index in [0.29, 0.717) is 23.4 Å². The lowest BCUT2D eigenvalue weighted by atomic mass is 10.2. The minimum Gasteiger partial charge on any atom is -0.438 e. The van der Waals surface area contributed by atoms with E-state index in [2.05, 4.69) is 9.97 Å². The van der Waals surface area contributed by atoms with E-state index >= 15 is 0 Å². The van der Waals surface area contributed by atoms with Crippen LogP contribution >= 0.6 is 0 Å². The molecule has 0 unspecified atom stereocenters. The molecule has 17 heavy (non-hydrogen) atoms. The van der Waals surface area contributed by atoms with E-state index in [1.165, 1.54) is 6.20 Å². The Bertz CT molecular complexity index is 536. The molecule has 0 fully saturated rings. The van der Waals surface area contributed by atoms with Crippen LogP contribution in [-0.4, -0.2) is 16.3 Å². The van der Waals surface area contributed by atoms with E-state index < -0.39 is 0 Å². The summed E-state index contributed by atoms with van der Waals surface area (Å²) in [5, 5.41) is 0. The summed E-state index contributed by atoms with van der Waals surface area (Å²) in [6.45, 7) is 3.74. The molecule has 0 N–H and O–H groups in total. The van der Waals surface area contributed by atoms with E-state index in [-0.39, 0.29) is 5.88 Å². The lowest BCUT2D eigenvalue weighted by Gasteiger charge is -2.07. The molecule has 4 nitrogen and oxygen atoms in total. The predicted molar refractivity (Wildman–Crippen MR) is 63.4 cm³/mol. The third-order valence-electron chi connectivity index (χ3n) is 2.26. The monoisotopic (exact) mass is 228 g/mol. The molecule has 1 heterocycles. The van der Waals surface area contributed by atoms with Crippen molar-refractivity contribution in [1.29, 1.82) is 0 Å². The largest absolute Gasteiger partial charge is 0.438 e. The topological polar surface area (TPSA) is 52.1 Å². The van der Waals surface area contributed by atoms with Gasteiger partial charge in [0, 0.05) is 6.20 Å². The summed E-state index contributed by atoms with van der Waals surface area (Å²) in [6.07, 6.45) is 2.14. The van der Waals surface area contributed by atoms with E-state index in [1.807, 2.05) is 31.2 Å². The Labute approximate surface area is 99.3 Å². The third kappa shape index (κ3) is 2.66. The molecular weight excluding hydrogens is 216 g/mol. The highest BCUT2D eigenvalue weighted by atomic mass is 16.5. The van der Waals surface area contributed by atoms with Gasteiger partial charge in [-0.25, -0.2) is 4.98 Å². The summed E-state index contributed by atoms with van der Waals surface area (Å²) in [6, 6.07) is 7.54. The van der Waals surface area contributed by atoms with Gasteiger partial charge < -0.3 is 4.74 Å². The van der Waals surface area contributed by atoms with Gasteiger partial charge in [0.1, 0.15) is 11.6 Å². The van der Waals surface area contributed by atoms with Gasteiger partial charge in [-0.2, -0.15) is 4.98 Å². The maximum atomic E-state index is 10.8. The maximum Gasteiger partial charge on any atom is 0.233 e. The Morgan fingerprint density at radius 2 is 1.88 bits per heavy atom. The Morgan fingerprint density at radius 1 is 1.18 bits per heavy atom. The van der Waals surface area contributed by atoms with Crippen molar-refractivity contribution in [2.45, 2.75) is 13.8 Å². The van der Waals surface area contributed by atoms with Crippen molar-refractivity contribution in [2.75, 3.05) is 0 Å². The molecule has 1 aromatic carbocycles. The second-order valence-electron chi connectivity index (χ2n) is 3.71. The molecule has 0 amide bonds. The zero-order valence-electron chi connectivity index (χ0n) is 9.68. The lowest BCUT2D eigenvalue weighted by molar-refractivity contribution is 0.112. The molecule has 0 atom stereocenters. The van der Waals surface area contributed by atoms with Gasteiger partial charge in [0.25, 0.3) is 0 Å². The van der Waals surface area contributed by atoms with Gasteiger partial charge >= 0.3 is 0 Å². The zero-order valence-corrected chi connectivity index (χ0v) is 9.68. The van der Waals surface area contributed by atoms with Crippen molar-refractivity contribution in [1.82, 2.24) is 9.97 Å². The van der Waals surface area contributed by atoms with Crippen molar-refractivity contribution >= 4 is 6.29 Å². The number of hydrogen-bond donors (Lipinski definition) is 0. The van der Waals surface area contributed by atoms with Gasteiger partial charge in [-0.15, -0.1) is 0 Å². The molecule has 86 valence electrons. The quantitative estimate of drug-likeness (QED) is 0.758. The van der Waals surface area contributed by atoms with Gasteiger partial charge in [0.05, 0.1) is 5.56 Å². The number of aldehydes is 1. The zero-order chi connectivity index (χ0) is 12.3. The van der Waals surface area contributed by atoms with E-state index in [1.54, 1.807) is 6.92 Å². The molecule has 1 aromatic heterocycles. The van der Waals surface area contributed by atoms with Crippen LogP contribution in [0.25, 0.3) is 0 Å². The molecule has 2 rings (SSSR count). The SMILES string of the molecule is Cc1ccc(Oc2nc(C)ncc2C=O)cc1. The summed E-state index contributed by atoms with van der Waals surface area (Å²) in [5.41, 5.74) is 1.49. The fourth-order valence-corrected chi connectivity index (χ4v) is 1.34. The van der Waals surface area contributed by atoms with Crippen LogP contribution < -0.4 is 4.74 Å². The van der Waals surface area contributed by atoms with Crippen LogP contribution in [0.3, 0.4) is 0 Å². The van der Waals surface area contributed by atoms with Gasteiger partial charge in [-0.3, -0.25) is 4.79 Å². The second-order valence-corrected chi connectivity index (χ2v) is 3.71. The molecule has 2 aromatic rings. The van der Waals surface area contributed by atoms with Crippen LogP contribution in [0.1, 0.15) is 21.7 Å². The first-order valence-corrected chi connectivity index (χ1v) is 5.22. The molecule has 0 saturated carbocycles. The number of carbonyl (C=O) groups excluding carboxylic acids is 1. The predicted octanol–water partition coefficient (Wildman–Crippen LogP) is 2.70. The molecule has 4 heteroatoms. The molecule has 0 saturated heterocycles. The summed E-state index contributed by atoms with van der Waals surface area (Å²) in [5.74, 6) is 1.51. The fourth-order valence-electron chi connectivity index (χ4n) is 1.34. The highest BCUT2D eigenvalue weighted by Crippen LogP contribution is 2.22. The molecule has 0 aliphatic heterocycles. The van der Waals surface area contributed by atoms with Gasteiger partial charge in [0.15, 0.2) is 6.29 Å². The first-order valence-electron chi connectivity index (χ1n) is 5.22. The fraction of sp³-hybridized carbons (Fsp3) is 0.154. The summed E-state index contributed by atoms with van der Waals surface area (Å²) in [4.78, 5) is 18.9. The number of nitrogens with zero attached hydrogens (tertiary/aromatic N) is 2. The smallest absolute Gasteiger partial charge is 0.233 e. The average Bonchev–Trinajstić information content (AvgIpc) is 2.32. The Kier molecular flexibility index (Phi) is 3.14. The molecule has 0 bridgehead atoms. The normalized spacial score (nSPS) is 10.0. The van der Waals surface area contributed by atoms with Crippen molar-refractivity contribution in [3.8, 4) is 11.6 Å². The minimum atomic E-state index is 0.288. The second kappa shape index (κ2) is 4.74. The van der Waals surface area contributed by atoms with Crippen molar-refractivity contribution in [3.05, 3.63) is 47.4 Å². The minimum absolute atomic E-state index is 0.288. The Hall–Kier alpha value is -2.23. The van der Waals surface area contributed by atoms with Gasteiger partial charge in [0.2, 0.25) is 5.88 Å². The van der Waals surface area contributed by atoms with Gasteiger partial charge in [-0.05, 0) is 26.0 Å². The van der Waals surface area contributed by atoms with Crippen LogP contribution in [-0.2, 0) is 0 Å².